The molecule has 1 aliphatic rings. The van der Waals surface area contributed by atoms with Crippen LogP contribution in [-0.2, 0) is 6.54 Å². The predicted octanol–water partition coefficient (Wildman–Crippen LogP) is 2.58. The Hall–Kier alpha value is -1.27. The lowest BCUT2D eigenvalue weighted by Gasteiger charge is -2.21. The number of hydrogen-bond donors (Lipinski definition) is 1. The van der Waals surface area contributed by atoms with Crippen molar-refractivity contribution in [3.05, 3.63) is 33.9 Å². The second-order valence-electron chi connectivity index (χ2n) is 4.59. The number of benzene rings is 1. The summed E-state index contributed by atoms with van der Waals surface area (Å²) in [5.74, 6) is 2.36. The highest BCUT2D eigenvalue weighted by Crippen LogP contribution is 2.24. The molecule has 0 radical (unpaired) electrons. The first kappa shape index (κ1) is 14.1. The van der Waals surface area contributed by atoms with Crippen molar-refractivity contribution >= 4 is 23.1 Å². The molecular weight excluding hydrogens is 262 g/mol. The fourth-order valence-electron chi connectivity index (χ4n) is 2.27. The first-order valence-electron chi connectivity index (χ1n) is 6.46. The summed E-state index contributed by atoms with van der Waals surface area (Å²) < 4.78 is 0. The van der Waals surface area contributed by atoms with E-state index in [-0.39, 0.29) is 10.6 Å². The molecule has 104 valence electrons. The second kappa shape index (κ2) is 6.77. The van der Waals surface area contributed by atoms with Crippen LogP contribution in [0.4, 0.5) is 11.4 Å². The Balaban J connectivity index is 2.16. The quantitative estimate of drug-likeness (QED) is 0.679. The largest absolute Gasteiger partial charge is 0.388 e. The number of nitrogens with one attached hydrogen (secondary N) is 1. The second-order valence-corrected chi connectivity index (χ2v) is 5.82. The van der Waals surface area contributed by atoms with Crippen LogP contribution in [0.15, 0.2) is 18.2 Å². The van der Waals surface area contributed by atoms with Crippen molar-refractivity contribution in [2.45, 2.75) is 13.0 Å². The van der Waals surface area contributed by atoms with Crippen LogP contribution in [0, 0.1) is 10.1 Å². The first-order valence-corrected chi connectivity index (χ1v) is 7.61. The molecule has 19 heavy (non-hydrogen) atoms. The van der Waals surface area contributed by atoms with Crippen molar-refractivity contribution < 1.29 is 4.92 Å². The molecule has 2 rings (SSSR count). The zero-order valence-electron chi connectivity index (χ0n) is 11.1. The average molecular weight is 281 g/mol. The van der Waals surface area contributed by atoms with Crippen molar-refractivity contribution in [1.82, 2.24) is 4.90 Å². The maximum absolute atomic E-state index is 10.9. The maximum Gasteiger partial charge on any atom is 0.269 e. The van der Waals surface area contributed by atoms with Gasteiger partial charge in [0.2, 0.25) is 0 Å². The van der Waals surface area contributed by atoms with Gasteiger partial charge >= 0.3 is 0 Å². The highest BCUT2D eigenvalue weighted by atomic mass is 32.2. The summed E-state index contributed by atoms with van der Waals surface area (Å²) in [6.45, 7) is 2.90. The summed E-state index contributed by atoms with van der Waals surface area (Å²) in [6, 6.07) is 5.03. The molecule has 5 nitrogen and oxygen atoms in total. The first-order chi connectivity index (χ1) is 9.20. The maximum atomic E-state index is 10.9. The summed E-state index contributed by atoms with van der Waals surface area (Å²) >= 11 is 1.98. The average Bonchev–Trinajstić information content (AvgIpc) is 2.67. The van der Waals surface area contributed by atoms with Crippen molar-refractivity contribution in [2.75, 3.05) is 37.0 Å². The molecule has 0 aliphatic carbocycles. The summed E-state index contributed by atoms with van der Waals surface area (Å²) in [4.78, 5) is 12.9. The molecule has 0 amide bonds. The van der Waals surface area contributed by atoms with Crippen molar-refractivity contribution in [1.29, 1.82) is 0 Å². The van der Waals surface area contributed by atoms with Gasteiger partial charge in [-0.2, -0.15) is 11.8 Å². The minimum absolute atomic E-state index is 0.165. The Bertz CT molecular complexity index is 446. The third-order valence-corrected chi connectivity index (χ3v) is 4.33. The van der Waals surface area contributed by atoms with Gasteiger partial charge in [-0.25, -0.2) is 0 Å². The van der Waals surface area contributed by atoms with Crippen LogP contribution >= 0.6 is 11.8 Å². The summed E-state index contributed by atoms with van der Waals surface area (Å²) in [6.07, 6.45) is 1.19. The molecule has 0 bridgehead atoms. The third kappa shape index (κ3) is 3.84. The van der Waals surface area contributed by atoms with Gasteiger partial charge in [-0.05, 0) is 30.3 Å². The van der Waals surface area contributed by atoms with Gasteiger partial charge in [0, 0.05) is 43.7 Å². The van der Waals surface area contributed by atoms with E-state index in [4.69, 9.17) is 0 Å². The SMILES string of the molecule is CNc1ccc([N+](=O)[O-])cc1CN1CCCSCC1. The number of hydrogen-bond acceptors (Lipinski definition) is 5. The van der Waals surface area contributed by atoms with E-state index in [0.29, 0.717) is 0 Å². The van der Waals surface area contributed by atoms with Crippen LogP contribution in [-0.4, -0.2) is 41.5 Å². The standard InChI is InChI=1S/C13H19N3O2S/c1-14-13-4-3-12(16(17)18)9-11(13)10-15-5-2-7-19-8-6-15/h3-4,9,14H,2,5-8,10H2,1H3. The van der Waals surface area contributed by atoms with E-state index in [1.165, 1.54) is 12.2 Å². The lowest BCUT2D eigenvalue weighted by atomic mass is 10.1. The zero-order chi connectivity index (χ0) is 13.7. The fraction of sp³-hybridized carbons (Fsp3) is 0.538. The summed E-state index contributed by atoms with van der Waals surface area (Å²) in [7, 11) is 1.85. The molecule has 0 saturated carbocycles. The molecular formula is C13H19N3O2S. The van der Waals surface area contributed by atoms with Gasteiger partial charge in [0.15, 0.2) is 0 Å². The highest BCUT2D eigenvalue weighted by molar-refractivity contribution is 7.99. The number of thioether (sulfide) groups is 1. The Morgan fingerprint density at radius 2 is 2.26 bits per heavy atom. The van der Waals surface area contributed by atoms with E-state index in [2.05, 4.69) is 10.2 Å². The van der Waals surface area contributed by atoms with Gasteiger partial charge in [-0.1, -0.05) is 0 Å². The number of rotatable bonds is 4. The Morgan fingerprint density at radius 3 is 3.00 bits per heavy atom. The molecule has 0 spiro atoms. The molecule has 1 N–H and O–H groups in total. The molecule has 1 saturated heterocycles. The van der Waals surface area contributed by atoms with Crippen LogP contribution < -0.4 is 5.32 Å². The monoisotopic (exact) mass is 281 g/mol. The molecule has 1 aromatic carbocycles. The van der Waals surface area contributed by atoms with Crippen LogP contribution in [0.2, 0.25) is 0 Å². The zero-order valence-corrected chi connectivity index (χ0v) is 11.9. The van der Waals surface area contributed by atoms with Gasteiger partial charge in [0.05, 0.1) is 4.92 Å². The van der Waals surface area contributed by atoms with Gasteiger partial charge < -0.3 is 5.32 Å². The van der Waals surface area contributed by atoms with Crippen molar-refractivity contribution in [2.24, 2.45) is 0 Å². The lowest BCUT2D eigenvalue weighted by Crippen LogP contribution is -2.25. The van der Waals surface area contributed by atoms with Gasteiger partial charge in [-0.3, -0.25) is 15.0 Å². The van der Waals surface area contributed by atoms with E-state index >= 15 is 0 Å². The molecule has 6 heteroatoms. The lowest BCUT2D eigenvalue weighted by molar-refractivity contribution is -0.384. The van der Waals surface area contributed by atoms with Crippen molar-refractivity contribution in [3.63, 3.8) is 0 Å². The van der Waals surface area contributed by atoms with E-state index in [9.17, 15) is 10.1 Å². The Kier molecular flexibility index (Phi) is 5.04. The van der Waals surface area contributed by atoms with E-state index < -0.39 is 0 Å². The number of non-ortho nitro benzene ring substituents is 1. The Morgan fingerprint density at radius 1 is 1.42 bits per heavy atom. The van der Waals surface area contributed by atoms with Gasteiger partial charge in [0.1, 0.15) is 0 Å². The molecule has 1 fully saturated rings. The van der Waals surface area contributed by atoms with E-state index in [0.717, 1.165) is 36.6 Å². The van der Waals surface area contributed by atoms with Crippen LogP contribution in [0.25, 0.3) is 0 Å². The Labute approximate surface area is 117 Å². The van der Waals surface area contributed by atoms with Gasteiger partial charge in [0.25, 0.3) is 5.69 Å². The summed E-state index contributed by atoms with van der Waals surface area (Å²) in [5.41, 5.74) is 2.14. The smallest absolute Gasteiger partial charge is 0.269 e. The van der Waals surface area contributed by atoms with Crippen LogP contribution in [0.5, 0.6) is 0 Å². The number of nitro benzene ring substituents is 1. The van der Waals surface area contributed by atoms with Crippen LogP contribution in [0.3, 0.4) is 0 Å². The molecule has 1 aliphatic heterocycles. The normalized spacial score (nSPS) is 16.9. The highest BCUT2D eigenvalue weighted by Gasteiger charge is 2.14. The predicted molar refractivity (Wildman–Crippen MR) is 79.9 cm³/mol. The molecule has 0 aromatic heterocycles. The number of anilines is 1. The molecule has 1 aromatic rings. The van der Waals surface area contributed by atoms with Crippen LogP contribution in [0.1, 0.15) is 12.0 Å². The topological polar surface area (TPSA) is 58.4 Å². The number of nitrogens with zero attached hydrogens (tertiary/aromatic N) is 2. The fourth-order valence-corrected chi connectivity index (χ4v) is 3.19. The minimum Gasteiger partial charge on any atom is -0.388 e. The molecule has 1 heterocycles. The molecule has 0 atom stereocenters. The van der Waals surface area contributed by atoms with E-state index in [1.54, 1.807) is 18.2 Å². The minimum atomic E-state index is -0.332. The van der Waals surface area contributed by atoms with E-state index in [1.807, 2.05) is 18.8 Å². The van der Waals surface area contributed by atoms with Crippen molar-refractivity contribution in [3.8, 4) is 0 Å². The number of nitro groups is 1. The summed E-state index contributed by atoms with van der Waals surface area (Å²) in [5, 5.41) is 14.0. The third-order valence-electron chi connectivity index (χ3n) is 3.28. The molecule has 0 unspecified atom stereocenters. The van der Waals surface area contributed by atoms with Gasteiger partial charge in [-0.15, -0.1) is 0 Å².